The highest BCUT2D eigenvalue weighted by Gasteiger charge is 2.20. The molecule has 0 aliphatic carbocycles. The van der Waals surface area contributed by atoms with Crippen LogP contribution in [0.15, 0.2) is 71.2 Å². The van der Waals surface area contributed by atoms with Crippen LogP contribution in [0, 0.1) is 5.82 Å². The third-order valence-corrected chi connectivity index (χ3v) is 6.52. The van der Waals surface area contributed by atoms with Crippen LogP contribution in [0.25, 0.3) is 11.4 Å². The molecule has 0 aliphatic rings. The number of ether oxygens (including phenoxy) is 1. The largest absolute Gasteiger partial charge is 0.465 e. The standard InChI is InChI=1S/C23H19FN4O3S2/c1-31-22(30)20-18(11-12-32-20)25-19(29)14-33-23-27-26-21(16-9-5-6-10-17(16)24)28(23)13-15-7-3-2-4-8-15/h2-12H,13-14H2,1H3,(H,25,29). The van der Waals surface area contributed by atoms with Crippen LogP contribution in [0.5, 0.6) is 0 Å². The number of amides is 1. The van der Waals surface area contributed by atoms with E-state index in [1.165, 1.54) is 36.3 Å². The SMILES string of the molecule is COC(=O)c1sccc1NC(=O)CSc1nnc(-c2ccccc2F)n1Cc1ccccc1. The lowest BCUT2D eigenvalue weighted by Crippen LogP contribution is -2.16. The summed E-state index contributed by atoms with van der Waals surface area (Å²) >= 11 is 2.37. The summed E-state index contributed by atoms with van der Waals surface area (Å²) < 4.78 is 21.0. The Morgan fingerprint density at radius 1 is 1.09 bits per heavy atom. The molecule has 4 aromatic rings. The van der Waals surface area contributed by atoms with Crippen LogP contribution >= 0.6 is 23.1 Å². The smallest absolute Gasteiger partial charge is 0.350 e. The molecule has 0 spiro atoms. The van der Waals surface area contributed by atoms with E-state index in [0.29, 0.717) is 33.7 Å². The Kier molecular flexibility index (Phi) is 7.16. The van der Waals surface area contributed by atoms with Crippen molar-refractivity contribution in [3.05, 3.63) is 82.3 Å². The van der Waals surface area contributed by atoms with Gasteiger partial charge in [-0.15, -0.1) is 21.5 Å². The van der Waals surface area contributed by atoms with Gasteiger partial charge < -0.3 is 10.1 Å². The predicted octanol–water partition coefficient (Wildman–Crippen LogP) is 4.71. The van der Waals surface area contributed by atoms with Gasteiger partial charge in [0.15, 0.2) is 11.0 Å². The number of carbonyl (C=O) groups excluding carboxylic acids is 2. The van der Waals surface area contributed by atoms with Crippen LogP contribution < -0.4 is 5.32 Å². The average Bonchev–Trinajstić information content (AvgIpc) is 3.45. The van der Waals surface area contributed by atoms with Crippen molar-refractivity contribution in [3.8, 4) is 11.4 Å². The summed E-state index contributed by atoms with van der Waals surface area (Å²) in [5.74, 6) is -0.817. The van der Waals surface area contributed by atoms with Crippen LogP contribution in [0.4, 0.5) is 10.1 Å². The number of esters is 1. The summed E-state index contributed by atoms with van der Waals surface area (Å²) in [6, 6.07) is 17.7. The van der Waals surface area contributed by atoms with Gasteiger partial charge in [0, 0.05) is 0 Å². The molecule has 2 aromatic carbocycles. The van der Waals surface area contributed by atoms with Gasteiger partial charge >= 0.3 is 5.97 Å². The topological polar surface area (TPSA) is 86.1 Å². The van der Waals surface area contributed by atoms with Crippen molar-refractivity contribution >= 4 is 40.7 Å². The van der Waals surface area contributed by atoms with E-state index in [-0.39, 0.29) is 11.7 Å². The Labute approximate surface area is 197 Å². The lowest BCUT2D eigenvalue weighted by atomic mass is 10.2. The van der Waals surface area contributed by atoms with Gasteiger partial charge in [-0.25, -0.2) is 9.18 Å². The Morgan fingerprint density at radius 2 is 1.85 bits per heavy atom. The Balaban J connectivity index is 1.55. The zero-order valence-electron chi connectivity index (χ0n) is 17.5. The highest BCUT2D eigenvalue weighted by molar-refractivity contribution is 7.99. The first-order valence-electron chi connectivity index (χ1n) is 9.87. The lowest BCUT2D eigenvalue weighted by Gasteiger charge is -2.11. The number of hydrogen-bond donors (Lipinski definition) is 1. The number of methoxy groups -OCH3 is 1. The highest BCUT2D eigenvalue weighted by atomic mass is 32.2. The maximum absolute atomic E-state index is 14.5. The van der Waals surface area contributed by atoms with E-state index in [2.05, 4.69) is 15.5 Å². The number of halogens is 1. The fraction of sp³-hybridized carbons (Fsp3) is 0.130. The molecule has 168 valence electrons. The lowest BCUT2D eigenvalue weighted by molar-refractivity contribution is -0.113. The fourth-order valence-electron chi connectivity index (χ4n) is 3.12. The van der Waals surface area contributed by atoms with E-state index >= 15 is 0 Å². The molecule has 33 heavy (non-hydrogen) atoms. The average molecular weight is 483 g/mol. The summed E-state index contributed by atoms with van der Waals surface area (Å²) in [5, 5.41) is 13.3. The number of thioether (sulfide) groups is 1. The number of thiophene rings is 1. The normalized spacial score (nSPS) is 10.7. The maximum Gasteiger partial charge on any atom is 0.350 e. The number of benzene rings is 2. The van der Waals surface area contributed by atoms with Crippen molar-refractivity contribution in [2.75, 3.05) is 18.2 Å². The third-order valence-electron chi connectivity index (χ3n) is 4.66. The molecular weight excluding hydrogens is 463 g/mol. The molecule has 0 unspecified atom stereocenters. The van der Waals surface area contributed by atoms with Crippen LogP contribution in [-0.2, 0) is 16.1 Å². The van der Waals surface area contributed by atoms with Crippen LogP contribution in [0.3, 0.4) is 0 Å². The molecule has 0 saturated carbocycles. The van der Waals surface area contributed by atoms with E-state index in [1.54, 1.807) is 34.2 Å². The van der Waals surface area contributed by atoms with Gasteiger partial charge in [0.1, 0.15) is 10.7 Å². The minimum absolute atomic E-state index is 0.0284. The van der Waals surface area contributed by atoms with Crippen LogP contribution in [0.2, 0.25) is 0 Å². The molecular formula is C23H19FN4O3S2. The van der Waals surface area contributed by atoms with E-state index < -0.39 is 11.8 Å². The van der Waals surface area contributed by atoms with Gasteiger partial charge in [0.2, 0.25) is 5.91 Å². The maximum atomic E-state index is 14.5. The number of aromatic nitrogens is 3. The first kappa shape index (κ1) is 22.7. The van der Waals surface area contributed by atoms with Crippen molar-refractivity contribution in [2.45, 2.75) is 11.7 Å². The Hall–Kier alpha value is -3.50. The first-order valence-corrected chi connectivity index (χ1v) is 11.7. The molecule has 7 nitrogen and oxygen atoms in total. The molecule has 0 fully saturated rings. The van der Waals surface area contributed by atoms with Crippen molar-refractivity contribution in [1.29, 1.82) is 0 Å². The minimum atomic E-state index is -0.509. The van der Waals surface area contributed by atoms with Crippen molar-refractivity contribution in [3.63, 3.8) is 0 Å². The van der Waals surface area contributed by atoms with Crippen LogP contribution in [0.1, 0.15) is 15.2 Å². The molecule has 0 radical (unpaired) electrons. The molecule has 1 amide bonds. The zero-order valence-corrected chi connectivity index (χ0v) is 19.2. The third kappa shape index (κ3) is 5.29. The van der Waals surface area contributed by atoms with Gasteiger partial charge in [-0.2, -0.15) is 0 Å². The predicted molar refractivity (Wildman–Crippen MR) is 126 cm³/mol. The number of nitrogens with zero attached hydrogens (tertiary/aromatic N) is 3. The molecule has 0 atom stereocenters. The van der Waals surface area contributed by atoms with E-state index in [1.807, 2.05) is 30.3 Å². The van der Waals surface area contributed by atoms with E-state index in [4.69, 9.17) is 4.74 Å². The molecule has 0 aliphatic heterocycles. The quantitative estimate of drug-likeness (QED) is 0.289. The number of carbonyl (C=O) groups is 2. The molecule has 4 rings (SSSR count). The van der Waals surface area contributed by atoms with Gasteiger partial charge in [-0.1, -0.05) is 54.2 Å². The molecule has 1 N–H and O–H groups in total. The summed E-state index contributed by atoms with van der Waals surface area (Å²) in [6.45, 7) is 0.415. The number of nitrogens with one attached hydrogen (secondary N) is 1. The molecule has 0 bridgehead atoms. The molecule has 0 saturated heterocycles. The second kappa shape index (κ2) is 10.4. The van der Waals surface area contributed by atoms with Gasteiger partial charge in [0.05, 0.1) is 30.7 Å². The Bertz CT molecular complexity index is 1270. The van der Waals surface area contributed by atoms with Gasteiger partial charge in [0.25, 0.3) is 0 Å². The monoisotopic (exact) mass is 482 g/mol. The van der Waals surface area contributed by atoms with Crippen molar-refractivity contribution in [2.24, 2.45) is 0 Å². The molecule has 2 aromatic heterocycles. The number of anilines is 1. The summed E-state index contributed by atoms with van der Waals surface area (Å²) in [7, 11) is 1.29. The van der Waals surface area contributed by atoms with Crippen LogP contribution in [-0.4, -0.2) is 39.5 Å². The number of hydrogen-bond acceptors (Lipinski definition) is 7. The summed E-state index contributed by atoms with van der Waals surface area (Å²) in [5.41, 5.74) is 1.72. The first-order chi connectivity index (χ1) is 16.1. The van der Waals surface area contributed by atoms with E-state index in [9.17, 15) is 14.0 Å². The number of rotatable bonds is 8. The fourth-order valence-corrected chi connectivity index (χ4v) is 4.62. The molecule has 2 heterocycles. The second-order valence-corrected chi connectivity index (χ2v) is 8.71. The zero-order chi connectivity index (χ0) is 23.2. The van der Waals surface area contributed by atoms with Gasteiger partial charge in [-0.3, -0.25) is 9.36 Å². The van der Waals surface area contributed by atoms with E-state index in [0.717, 1.165) is 5.56 Å². The summed E-state index contributed by atoms with van der Waals surface area (Å²) in [4.78, 5) is 24.7. The molecule has 10 heteroatoms. The van der Waals surface area contributed by atoms with Crippen molar-refractivity contribution < 1.29 is 18.7 Å². The Morgan fingerprint density at radius 3 is 2.61 bits per heavy atom. The van der Waals surface area contributed by atoms with Gasteiger partial charge in [-0.05, 0) is 29.1 Å². The van der Waals surface area contributed by atoms with Crippen molar-refractivity contribution in [1.82, 2.24) is 14.8 Å². The minimum Gasteiger partial charge on any atom is -0.465 e. The highest BCUT2D eigenvalue weighted by Crippen LogP contribution is 2.28. The summed E-state index contributed by atoms with van der Waals surface area (Å²) in [6.07, 6.45) is 0. The second-order valence-electron chi connectivity index (χ2n) is 6.85.